The van der Waals surface area contributed by atoms with Crippen molar-refractivity contribution in [2.45, 2.75) is 32.7 Å². The number of imidazole rings is 1. The van der Waals surface area contributed by atoms with Crippen molar-refractivity contribution in [3.8, 4) is 0 Å². The van der Waals surface area contributed by atoms with Gasteiger partial charge in [0.2, 0.25) is 0 Å². The van der Waals surface area contributed by atoms with Crippen molar-refractivity contribution >= 4 is 27.3 Å². The SMILES string of the molecule is CC1CCn2c(Cc3cccs3)nc(Br)c2C1. The summed E-state index contributed by atoms with van der Waals surface area (Å²) in [4.78, 5) is 6.08. The minimum Gasteiger partial charge on any atom is -0.331 e. The fourth-order valence-corrected chi connectivity index (χ4v) is 3.73. The molecule has 2 aromatic heterocycles. The standard InChI is InChI=1S/C13H15BrN2S/c1-9-4-5-16-11(7-9)13(14)15-12(16)8-10-3-2-6-17-10/h2-3,6,9H,4-5,7-8H2,1H3. The molecule has 3 heterocycles. The third-order valence-electron chi connectivity index (χ3n) is 3.40. The number of aromatic nitrogens is 2. The Balaban J connectivity index is 1.93. The maximum Gasteiger partial charge on any atom is 0.127 e. The van der Waals surface area contributed by atoms with Crippen molar-refractivity contribution in [2.24, 2.45) is 5.92 Å². The lowest BCUT2D eigenvalue weighted by molar-refractivity contribution is 0.409. The molecule has 0 bridgehead atoms. The largest absolute Gasteiger partial charge is 0.331 e. The second-order valence-corrected chi connectivity index (χ2v) is 6.55. The fourth-order valence-electron chi connectivity index (χ4n) is 2.45. The van der Waals surface area contributed by atoms with Gasteiger partial charge >= 0.3 is 0 Å². The monoisotopic (exact) mass is 310 g/mol. The predicted octanol–water partition coefficient (Wildman–Crippen LogP) is 3.88. The summed E-state index contributed by atoms with van der Waals surface area (Å²) >= 11 is 5.42. The molecule has 1 unspecified atom stereocenters. The summed E-state index contributed by atoms with van der Waals surface area (Å²) in [7, 11) is 0. The topological polar surface area (TPSA) is 17.8 Å². The number of nitrogens with zero attached hydrogens (tertiary/aromatic N) is 2. The quantitative estimate of drug-likeness (QED) is 0.823. The highest BCUT2D eigenvalue weighted by atomic mass is 79.9. The third-order valence-corrected chi connectivity index (χ3v) is 4.91. The molecule has 0 radical (unpaired) electrons. The summed E-state index contributed by atoms with van der Waals surface area (Å²) in [6.07, 6.45) is 3.38. The molecule has 0 aromatic carbocycles. The lowest BCUT2D eigenvalue weighted by atomic mass is 9.98. The number of hydrogen-bond acceptors (Lipinski definition) is 2. The van der Waals surface area contributed by atoms with Crippen molar-refractivity contribution in [1.29, 1.82) is 0 Å². The zero-order chi connectivity index (χ0) is 11.8. The second-order valence-electron chi connectivity index (χ2n) is 4.77. The number of fused-ring (bicyclic) bond motifs is 1. The summed E-state index contributed by atoms with van der Waals surface area (Å²) in [5, 5.41) is 2.13. The van der Waals surface area contributed by atoms with E-state index in [1.807, 2.05) is 11.3 Å². The molecule has 17 heavy (non-hydrogen) atoms. The Morgan fingerprint density at radius 3 is 3.24 bits per heavy atom. The highest BCUT2D eigenvalue weighted by Gasteiger charge is 2.22. The first-order valence-electron chi connectivity index (χ1n) is 6.00. The lowest BCUT2D eigenvalue weighted by Gasteiger charge is -2.22. The third kappa shape index (κ3) is 2.20. The molecule has 1 aliphatic rings. The Hall–Kier alpha value is -0.610. The molecule has 2 nitrogen and oxygen atoms in total. The second kappa shape index (κ2) is 4.58. The zero-order valence-electron chi connectivity index (χ0n) is 9.82. The van der Waals surface area contributed by atoms with E-state index in [2.05, 4.69) is 49.9 Å². The molecule has 0 fully saturated rings. The van der Waals surface area contributed by atoms with E-state index >= 15 is 0 Å². The van der Waals surface area contributed by atoms with Gasteiger partial charge in [-0.3, -0.25) is 0 Å². The van der Waals surface area contributed by atoms with Crippen molar-refractivity contribution in [3.63, 3.8) is 0 Å². The van der Waals surface area contributed by atoms with Crippen molar-refractivity contribution < 1.29 is 0 Å². The molecule has 0 amide bonds. The van der Waals surface area contributed by atoms with Crippen LogP contribution in [0, 0.1) is 5.92 Å². The van der Waals surface area contributed by atoms with Gasteiger partial charge in [-0.25, -0.2) is 4.98 Å². The maximum absolute atomic E-state index is 4.69. The molecule has 0 aliphatic carbocycles. The Morgan fingerprint density at radius 2 is 2.47 bits per heavy atom. The number of hydrogen-bond donors (Lipinski definition) is 0. The van der Waals surface area contributed by atoms with E-state index in [1.54, 1.807) is 0 Å². The van der Waals surface area contributed by atoms with Crippen LogP contribution in [-0.2, 0) is 19.4 Å². The van der Waals surface area contributed by atoms with Gasteiger partial charge in [0, 0.05) is 17.8 Å². The minimum absolute atomic E-state index is 0.782. The van der Waals surface area contributed by atoms with Gasteiger partial charge in [-0.05, 0) is 46.1 Å². The highest BCUT2D eigenvalue weighted by molar-refractivity contribution is 9.10. The molecule has 0 saturated heterocycles. The summed E-state index contributed by atoms with van der Waals surface area (Å²) in [6.45, 7) is 3.44. The van der Waals surface area contributed by atoms with Gasteiger partial charge in [0.15, 0.2) is 0 Å². The van der Waals surface area contributed by atoms with Crippen LogP contribution in [0.4, 0.5) is 0 Å². The first kappa shape index (κ1) is 11.5. The first-order valence-corrected chi connectivity index (χ1v) is 7.67. The van der Waals surface area contributed by atoms with E-state index in [0.717, 1.165) is 29.9 Å². The van der Waals surface area contributed by atoms with Crippen LogP contribution in [0.3, 0.4) is 0 Å². The van der Waals surface area contributed by atoms with E-state index in [9.17, 15) is 0 Å². The molecule has 1 atom stereocenters. The van der Waals surface area contributed by atoms with Crippen molar-refractivity contribution in [3.05, 3.63) is 38.5 Å². The summed E-state index contributed by atoms with van der Waals surface area (Å²) < 4.78 is 3.46. The van der Waals surface area contributed by atoms with Crippen LogP contribution >= 0.6 is 27.3 Å². The van der Waals surface area contributed by atoms with Gasteiger partial charge in [-0.1, -0.05) is 13.0 Å². The van der Waals surface area contributed by atoms with E-state index in [4.69, 9.17) is 0 Å². The smallest absolute Gasteiger partial charge is 0.127 e. The van der Waals surface area contributed by atoms with Gasteiger partial charge in [-0.2, -0.15) is 0 Å². The summed E-state index contributed by atoms with van der Waals surface area (Å²) in [6, 6.07) is 4.29. The number of thiophene rings is 1. The molecule has 0 saturated carbocycles. The van der Waals surface area contributed by atoms with Crippen LogP contribution in [0.2, 0.25) is 0 Å². The van der Waals surface area contributed by atoms with E-state index in [0.29, 0.717) is 0 Å². The van der Waals surface area contributed by atoms with Gasteiger partial charge in [-0.15, -0.1) is 11.3 Å². The molecular weight excluding hydrogens is 296 g/mol. The maximum atomic E-state index is 4.69. The number of halogens is 1. The molecule has 0 N–H and O–H groups in total. The molecule has 90 valence electrons. The normalized spacial score (nSPS) is 19.3. The Morgan fingerprint density at radius 1 is 1.59 bits per heavy atom. The van der Waals surface area contributed by atoms with E-state index in [-0.39, 0.29) is 0 Å². The van der Waals surface area contributed by atoms with Gasteiger partial charge < -0.3 is 4.57 Å². The molecule has 3 rings (SSSR count). The number of rotatable bonds is 2. The van der Waals surface area contributed by atoms with E-state index in [1.165, 1.54) is 22.8 Å². The van der Waals surface area contributed by atoms with E-state index < -0.39 is 0 Å². The molecular formula is C13H15BrN2S. The van der Waals surface area contributed by atoms with Crippen LogP contribution in [0.5, 0.6) is 0 Å². The van der Waals surface area contributed by atoms with Crippen LogP contribution in [-0.4, -0.2) is 9.55 Å². The molecule has 4 heteroatoms. The van der Waals surface area contributed by atoms with Crippen molar-refractivity contribution in [1.82, 2.24) is 9.55 Å². The molecule has 2 aromatic rings. The van der Waals surface area contributed by atoms with Gasteiger partial charge in [0.05, 0.1) is 5.69 Å². The first-order chi connectivity index (χ1) is 8.24. The predicted molar refractivity (Wildman–Crippen MR) is 74.5 cm³/mol. The average Bonchev–Trinajstić information content (AvgIpc) is 2.89. The molecule has 0 spiro atoms. The Labute approximate surface area is 114 Å². The Kier molecular flexibility index (Phi) is 3.09. The van der Waals surface area contributed by atoms with Gasteiger partial charge in [0.1, 0.15) is 10.4 Å². The minimum atomic E-state index is 0.782. The molecule has 1 aliphatic heterocycles. The van der Waals surface area contributed by atoms with Crippen LogP contribution < -0.4 is 0 Å². The van der Waals surface area contributed by atoms with Crippen LogP contribution in [0.15, 0.2) is 22.1 Å². The summed E-state index contributed by atoms with van der Waals surface area (Å²) in [5.41, 5.74) is 1.38. The average molecular weight is 311 g/mol. The zero-order valence-corrected chi connectivity index (χ0v) is 12.2. The van der Waals surface area contributed by atoms with Crippen LogP contribution in [0.1, 0.15) is 29.7 Å². The Bertz CT molecular complexity index is 516. The van der Waals surface area contributed by atoms with Gasteiger partial charge in [0.25, 0.3) is 0 Å². The van der Waals surface area contributed by atoms with Crippen LogP contribution in [0.25, 0.3) is 0 Å². The fraction of sp³-hybridized carbons (Fsp3) is 0.462. The highest BCUT2D eigenvalue weighted by Crippen LogP contribution is 2.29. The van der Waals surface area contributed by atoms with Crippen molar-refractivity contribution in [2.75, 3.05) is 0 Å². The lowest BCUT2D eigenvalue weighted by Crippen LogP contribution is -2.18. The summed E-state index contributed by atoms with van der Waals surface area (Å²) in [5.74, 6) is 1.99.